The third-order valence-corrected chi connectivity index (χ3v) is 5.94. The van der Waals surface area contributed by atoms with E-state index in [0.717, 1.165) is 5.56 Å². The summed E-state index contributed by atoms with van der Waals surface area (Å²) >= 11 is 18.6. The molecule has 1 saturated heterocycles. The molecule has 0 N–H and O–H groups in total. The van der Waals surface area contributed by atoms with Gasteiger partial charge in [-0.2, -0.15) is 0 Å². The summed E-state index contributed by atoms with van der Waals surface area (Å²) in [6, 6.07) is 14.3. The van der Waals surface area contributed by atoms with E-state index in [4.69, 9.17) is 35.4 Å². The van der Waals surface area contributed by atoms with Crippen LogP contribution < -0.4 is 0 Å². The minimum Gasteiger partial charge on any atom is -0.294 e. The number of carbonyl (C=O) groups is 2. The van der Waals surface area contributed by atoms with Crippen molar-refractivity contribution < 1.29 is 9.59 Å². The number of halogens is 2. The van der Waals surface area contributed by atoms with Crippen LogP contribution in [0, 0.1) is 0 Å². The van der Waals surface area contributed by atoms with Crippen LogP contribution in [0.4, 0.5) is 0 Å². The van der Waals surface area contributed by atoms with Crippen molar-refractivity contribution in [2.24, 2.45) is 0 Å². The SMILES string of the molecule is O=C(CC1SC(=S)N(Cc2ccccc2)C1=O)c1cc(Cl)ccc1Cl. The molecular weight excluding hydrogens is 397 g/mol. The second-order valence-electron chi connectivity index (χ2n) is 5.53. The van der Waals surface area contributed by atoms with Gasteiger partial charge < -0.3 is 0 Å². The Morgan fingerprint density at radius 3 is 2.60 bits per heavy atom. The van der Waals surface area contributed by atoms with Gasteiger partial charge in [0.05, 0.1) is 16.8 Å². The maximum Gasteiger partial charge on any atom is 0.242 e. The zero-order valence-corrected chi connectivity index (χ0v) is 16.1. The van der Waals surface area contributed by atoms with E-state index in [9.17, 15) is 9.59 Å². The van der Waals surface area contributed by atoms with Gasteiger partial charge >= 0.3 is 0 Å². The molecule has 1 atom stereocenters. The molecule has 0 radical (unpaired) electrons. The van der Waals surface area contributed by atoms with Gasteiger partial charge in [0.15, 0.2) is 5.78 Å². The van der Waals surface area contributed by atoms with E-state index in [-0.39, 0.29) is 18.1 Å². The Bertz CT molecular complexity index is 842. The molecule has 7 heteroatoms. The van der Waals surface area contributed by atoms with Crippen molar-refractivity contribution in [3.8, 4) is 0 Å². The molecule has 128 valence electrons. The van der Waals surface area contributed by atoms with Gasteiger partial charge in [0.2, 0.25) is 5.91 Å². The molecule has 0 bridgehead atoms. The summed E-state index contributed by atoms with van der Waals surface area (Å²) in [5.41, 5.74) is 1.32. The zero-order chi connectivity index (χ0) is 18.0. The van der Waals surface area contributed by atoms with Crippen molar-refractivity contribution in [2.45, 2.75) is 18.2 Å². The quantitative estimate of drug-likeness (QED) is 0.514. The Balaban J connectivity index is 1.72. The molecule has 0 spiro atoms. The van der Waals surface area contributed by atoms with E-state index < -0.39 is 5.25 Å². The van der Waals surface area contributed by atoms with Gasteiger partial charge in [0.25, 0.3) is 0 Å². The maximum absolute atomic E-state index is 12.6. The molecule has 2 aromatic rings. The third-order valence-electron chi connectivity index (χ3n) is 3.79. The van der Waals surface area contributed by atoms with Gasteiger partial charge in [0.1, 0.15) is 4.32 Å². The molecule has 1 aliphatic rings. The summed E-state index contributed by atoms with van der Waals surface area (Å²) in [6.45, 7) is 0.411. The van der Waals surface area contributed by atoms with Crippen LogP contribution >= 0.6 is 47.2 Å². The fourth-order valence-electron chi connectivity index (χ4n) is 2.53. The number of carbonyl (C=O) groups excluding carboxylic acids is 2. The molecule has 1 heterocycles. The van der Waals surface area contributed by atoms with Crippen LogP contribution in [0.15, 0.2) is 48.5 Å². The summed E-state index contributed by atoms with van der Waals surface area (Å²) in [7, 11) is 0. The molecule has 2 aromatic carbocycles. The lowest BCUT2D eigenvalue weighted by Gasteiger charge is -2.15. The Morgan fingerprint density at radius 2 is 1.88 bits per heavy atom. The number of nitrogens with zero attached hydrogens (tertiary/aromatic N) is 1. The second kappa shape index (κ2) is 7.87. The van der Waals surface area contributed by atoms with Crippen LogP contribution in [0.25, 0.3) is 0 Å². The van der Waals surface area contributed by atoms with Crippen LogP contribution in [-0.2, 0) is 11.3 Å². The first-order valence-corrected chi connectivity index (χ1v) is 9.54. The molecule has 1 aliphatic heterocycles. The fourth-order valence-corrected chi connectivity index (χ4v) is 4.41. The summed E-state index contributed by atoms with van der Waals surface area (Å²) < 4.78 is 0.490. The van der Waals surface area contributed by atoms with Gasteiger partial charge in [-0.15, -0.1) is 0 Å². The third kappa shape index (κ3) is 4.23. The summed E-state index contributed by atoms with van der Waals surface area (Å²) in [5, 5.41) is 0.228. The molecular formula is C18H13Cl2NO2S2. The number of thiocarbonyl (C=S) groups is 1. The van der Waals surface area contributed by atoms with Crippen molar-refractivity contribution in [3.05, 3.63) is 69.7 Å². The smallest absolute Gasteiger partial charge is 0.242 e. The topological polar surface area (TPSA) is 37.4 Å². The van der Waals surface area contributed by atoms with Crippen LogP contribution in [0.2, 0.25) is 10.0 Å². The average molecular weight is 410 g/mol. The van der Waals surface area contributed by atoms with Crippen LogP contribution in [-0.4, -0.2) is 26.2 Å². The Labute approximate surface area is 165 Å². The van der Waals surface area contributed by atoms with Gasteiger partial charge in [-0.05, 0) is 23.8 Å². The van der Waals surface area contributed by atoms with Crippen LogP contribution in [0.1, 0.15) is 22.3 Å². The Kier molecular flexibility index (Phi) is 5.79. The molecule has 0 saturated carbocycles. The molecule has 3 rings (SSSR count). The average Bonchev–Trinajstić information content (AvgIpc) is 2.85. The van der Waals surface area contributed by atoms with E-state index in [2.05, 4.69) is 0 Å². The minimum atomic E-state index is -0.529. The second-order valence-corrected chi connectivity index (χ2v) is 8.21. The van der Waals surface area contributed by atoms with Crippen molar-refractivity contribution in [1.82, 2.24) is 4.90 Å². The summed E-state index contributed by atoms with van der Waals surface area (Å²) in [4.78, 5) is 26.7. The number of ketones is 1. The van der Waals surface area contributed by atoms with Crippen LogP contribution in [0.5, 0.6) is 0 Å². The van der Waals surface area contributed by atoms with E-state index >= 15 is 0 Å². The van der Waals surface area contributed by atoms with Crippen molar-refractivity contribution in [1.29, 1.82) is 0 Å². The van der Waals surface area contributed by atoms with Crippen molar-refractivity contribution in [3.63, 3.8) is 0 Å². The van der Waals surface area contributed by atoms with Gasteiger partial charge in [0, 0.05) is 17.0 Å². The highest BCUT2D eigenvalue weighted by molar-refractivity contribution is 8.24. The molecule has 3 nitrogen and oxygen atoms in total. The van der Waals surface area contributed by atoms with Gasteiger partial charge in [-0.3, -0.25) is 14.5 Å². The van der Waals surface area contributed by atoms with Gasteiger partial charge in [-0.1, -0.05) is 77.5 Å². The number of rotatable bonds is 5. The minimum absolute atomic E-state index is 0.0367. The summed E-state index contributed by atoms with van der Waals surface area (Å²) in [5.74, 6) is -0.368. The van der Waals surface area contributed by atoms with E-state index in [1.165, 1.54) is 17.8 Å². The lowest BCUT2D eigenvalue weighted by Crippen LogP contribution is -2.31. The standard InChI is InChI=1S/C18H13Cl2NO2S2/c19-12-6-7-14(20)13(8-12)15(22)9-16-17(23)21(18(24)25-16)10-11-4-2-1-3-5-11/h1-8,16H,9-10H2. The maximum atomic E-state index is 12.6. The predicted molar refractivity (Wildman–Crippen MR) is 106 cm³/mol. The first-order valence-electron chi connectivity index (χ1n) is 7.50. The van der Waals surface area contributed by atoms with E-state index in [0.29, 0.717) is 26.5 Å². The lowest BCUT2D eigenvalue weighted by molar-refractivity contribution is -0.126. The van der Waals surface area contributed by atoms with Gasteiger partial charge in [-0.25, -0.2) is 0 Å². The number of amides is 1. The monoisotopic (exact) mass is 409 g/mol. The Hall–Kier alpha value is -1.40. The number of hydrogen-bond donors (Lipinski definition) is 0. The highest BCUT2D eigenvalue weighted by Gasteiger charge is 2.38. The molecule has 1 unspecified atom stereocenters. The molecule has 0 aliphatic carbocycles. The predicted octanol–water partition coefficient (Wildman–Crippen LogP) is 5.00. The van der Waals surface area contributed by atoms with Crippen LogP contribution in [0.3, 0.4) is 0 Å². The normalized spacial score (nSPS) is 17.2. The number of thioether (sulfide) groups is 1. The van der Waals surface area contributed by atoms with Crippen molar-refractivity contribution in [2.75, 3.05) is 0 Å². The van der Waals surface area contributed by atoms with E-state index in [1.54, 1.807) is 17.0 Å². The Morgan fingerprint density at radius 1 is 1.16 bits per heavy atom. The first kappa shape index (κ1) is 18.4. The number of benzene rings is 2. The number of hydrogen-bond acceptors (Lipinski definition) is 4. The molecule has 1 amide bonds. The largest absolute Gasteiger partial charge is 0.294 e. The fraction of sp³-hybridized carbons (Fsp3) is 0.167. The lowest BCUT2D eigenvalue weighted by atomic mass is 10.1. The van der Waals surface area contributed by atoms with Crippen molar-refractivity contribution >= 4 is 63.2 Å². The molecule has 25 heavy (non-hydrogen) atoms. The highest BCUT2D eigenvalue weighted by atomic mass is 35.5. The first-order chi connectivity index (χ1) is 12.0. The highest BCUT2D eigenvalue weighted by Crippen LogP contribution is 2.33. The number of Topliss-reactive ketones (excluding diaryl/α,β-unsaturated/α-hetero) is 1. The summed E-state index contributed by atoms with van der Waals surface area (Å²) in [6.07, 6.45) is 0.0367. The van der Waals surface area contributed by atoms with E-state index in [1.807, 2.05) is 30.3 Å². The molecule has 0 aromatic heterocycles. The molecule has 1 fully saturated rings. The zero-order valence-electron chi connectivity index (χ0n) is 12.9.